The standard InChI is InChI=1S/C22H26O3S2/c1-22(2,3)17-10-12-19(13-11-17)27(23,24)20-14-18(15-26-4)25-21(20)16-8-6-5-7-9-16/h5-13,18H,14-15H2,1-4H3. The van der Waals surface area contributed by atoms with E-state index in [9.17, 15) is 8.42 Å². The van der Waals surface area contributed by atoms with Crippen molar-refractivity contribution in [2.45, 2.75) is 43.6 Å². The molecule has 3 nitrogen and oxygen atoms in total. The van der Waals surface area contributed by atoms with Gasteiger partial charge >= 0.3 is 0 Å². The number of hydrogen-bond acceptors (Lipinski definition) is 4. The quantitative estimate of drug-likeness (QED) is 0.682. The van der Waals surface area contributed by atoms with Gasteiger partial charge in [-0.15, -0.1) is 0 Å². The lowest BCUT2D eigenvalue weighted by molar-refractivity contribution is 0.215. The van der Waals surface area contributed by atoms with Crippen LogP contribution in [0.25, 0.3) is 5.76 Å². The highest BCUT2D eigenvalue weighted by atomic mass is 32.2. The first-order chi connectivity index (χ1) is 12.7. The van der Waals surface area contributed by atoms with Crippen LogP contribution in [-0.2, 0) is 20.0 Å². The molecule has 0 radical (unpaired) electrons. The van der Waals surface area contributed by atoms with Crippen molar-refractivity contribution in [2.75, 3.05) is 12.0 Å². The van der Waals surface area contributed by atoms with E-state index < -0.39 is 9.84 Å². The van der Waals surface area contributed by atoms with Crippen molar-refractivity contribution in [3.63, 3.8) is 0 Å². The third-order valence-electron chi connectivity index (χ3n) is 4.69. The summed E-state index contributed by atoms with van der Waals surface area (Å²) in [5.74, 6) is 1.26. The Morgan fingerprint density at radius 1 is 1.04 bits per heavy atom. The molecule has 1 heterocycles. The lowest BCUT2D eigenvalue weighted by Crippen LogP contribution is -2.12. The summed E-state index contributed by atoms with van der Waals surface area (Å²) in [6, 6.07) is 16.8. The molecule has 0 spiro atoms. The van der Waals surface area contributed by atoms with Crippen molar-refractivity contribution in [1.29, 1.82) is 0 Å². The molecule has 2 aromatic carbocycles. The number of rotatable bonds is 5. The van der Waals surface area contributed by atoms with Crippen LogP contribution in [0.15, 0.2) is 64.4 Å². The molecule has 2 aromatic rings. The van der Waals surface area contributed by atoms with Crippen LogP contribution >= 0.6 is 11.8 Å². The highest BCUT2D eigenvalue weighted by molar-refractivity contribution is 7.98. The van der Waals surface area contributed by atoms with Crippen LogP contribution in [0.3, 0.4) is 0 Å². The van der Waals surface area contributed by atoms with Gasteiger partial charge in [-0.05, 0) is 29.4 Å². The maximum atomic E-state index is 13.4. The van der Waals surface area contributed by atoms with Crippen LogP contribution in [0.1, 0.15) is 38.3 Å². The number of sulfone groups is 1. The van der Waals surface area contributed by atoms with Crippen LogP contribution in [0, 0.1) is 0 Å². The Balaban J connectivity index is 2.04. The molecular weight excluding hydrogens is 376 g/mol. The van der Waals surface area contributed by atoms with Gasteiger partial charge in [-0.2, -0.15) is 11.8 Å². The Bertz CT molecular complexity index is 922. The molecule has 0 saturated carbocycles. The molecule has 0 fully saturated rings. The highest BCUT2D eigenvalue weighted by Gasteiger charge is 2.35. The van der Waals surface area contributed by atoms with Crippen molar-refractivity contribution < 1.29 is 13.2 Å². The second kappa shape index (κ2) is 7.72. The zero-order chi connectivity index (χ0) is 19.7. The molecule has 0 aliphatic carbocycles. The van der Waals surface area contributed by atoms with Crippen LogP contribution in [0.5, 0.6) is 0 Å². The molecule has 0 aromatic heterocycles. The van der Waals surface area contributed by atoms with Gasteiger partial charge in [0.15, 0.2) is 0 Å². The summed E-state index contributed by atoms with van der Waals surface area (Å²) in [5.41, 5.74) is 1.91. The number of thioether (sulfide) groups is 1. The normalized spacial score (nSPS) is 17.9. The van der Waals surface area contributed by atoms with Crippen LogP contribution < -0.4 is 0 Å². The summed E-state index contributed by atoms with van der Waals surface area (Å²) in [6.45, 7) is 6.35. The Morgan fingerprint density at radius 3 is 2.22 bits per heavy atom. The average molecular weight is 403 g/mol. The second-order valence-corrected chi connectivity index (χ2v) is 10.7. The summed E-state index contributed by atoms with van der Waals surface area (Å²) in [7, 11) is -3.60. The minimum absolute atomic E-state index is 0.0172. The molecule has 1 aliphatic heterocycles. The van der Waals surface area contributed by atoms with Crippen LogP contribution in [0.4, 0.5) is 0 Å². The van der Waals surface area contributed by atoms with Gasteiger partial charge in [0.1, 0.15) is 11.9 Å². The fourth-order valence-corrected chi connectivity index (χ4v) is 5.33. The van der Waals surface area contributed by atoms with E-state index in [4.69, 9.17) is 4.74 Å². The molecule has 144 valence electrons. The summed E-state index contributed by atoms with van der Waals surface area (Å²) in [4.78, 5) is 0.712. The highest BCUT2D eigenvalue weighted by Crippen LogP contribution is 2.39. The Hall–Kier alpha value is -1.72. The van der Waals surface area contributed by atoms with Crippen molar-refractivity contribution >= 4 is 27.4 Å². The Morgan fingerprint density at radius 2 is 1.67 bits per heavy atom. The summed E-state index contributed by atoms with van der Waals surface area (Å²) >= 11 is 1.66. The largest absolute Gasteiger partial charge is 0.488 e. The van der Waals surface area contributed by atoms with Gasteiger partial charge in [0, 0.05) is 17.7 Å². The maximum absolute atomic E-state index is 13.4. The van der Waals surface area contributed by atoms with E-state index in [0.717, 1.165) is 16.9 Å². The van der Waals surface area contributed by atoms with Gasteiger partial charge < -0.3 is 4.74 Å². The van der Waals surface area contributed by atoms with E-state index in [1.54, 1.807) is 23.9 Å². The van der Waals surface area contributed by atoms with Gasteiger partial charge in [-0.25, -0.2) is 8.42 Å². The number of hydrogen-bond donors (Lipinski definition) is 0. The Kier molecular flexibility index (Phi) is 5.73. The average Bonchev–Trinajstić information content (AvgIpc) is 3.07. The maximum Gasteiger partial charge on any atom is 0.206 e. The Labute approximate surface area is 166 Å². The van der Waals surface area contributed by atoms with Gasteiger partial charge in [0.25, 0.3) is 0 Å². The number of ether oxygens (including phenoxy) is 1. The van der Waals surface area contributed by atoms with Gasteiger partial charge in [0.2, 0.25) is 9.84 Å². The fourth-order valence-electron chi connectivity index (χ4n) is 3.18. The predicted molar refractivity (Wildman–Crippen MR) is 114 cm³/mol. The van der Waals surface area contributed by atoms with Crippen LogP contribution in [0.2, 0.25) is 0 Å². The lowest BCUT2D eigenvalue weighted by atomic mass is 9.87. The molecule has 0 saturated heterocycles. The van der Waals surface area contributed by atoms with Gasteiger partial charge in [-0.1, -0.05) is 63.2 Å². The van der Waals surface area contributed by atoms with Crippen molar-refractivity contribution in [1.82, 2.24) is 0 Å². The number of benzene rings is 2. The molecule has 5 heteroatoms. The molecule has 27 heavy (non-hydrogen) atoms. The zero-order valence-electron chi connectivity index (χ0n) is 16.2. The van der Waals surface area contributed by atoms with E-state index in [-0.39, 0.29) is 11.5 Å². The minimum Gasteiger partial charge on any atom is -0.488 e. The third kappa shape index (κ3) is 4.25. The third-order valence-corrected chi connectivity index (χ3v) is 7.29. The molecule has 1 aliphatic rings. The molecule has 1 unspecified atom stereocenters. The van der Waals surface area contributed by atoms with E-state index in [2.05, 4.69) is 20.8 Å². The predicted octanol–water partition coefficient (Wildman–Crippen LogP) is 5.28. The fraction of sp³-hybridized carbons (Fsp3) is 0.364. The first kappa shape index (κ1) is 20.0. The summed E-state index contributed by atoms with van der Waals surface area (Å²) in [6.07, 6.45) is 2.30. The van der Waals surface area contributed by atoms with Gasteiger partial charge in [-0.3, -0.25) is 0 Å². The molecule has 0 bridgehead atoms. The van der Waals surface area contributed by atoms with E-state index >= 15 is 0 Å². The van der Waals surface area contributed by atoms with Crippen molar-refractivity contribution in [3.05, 3.63) is 70.6 Å². The molecule has 3 rings (SSSR count). The zero-order valence-corrected chi connectivity index (χ0v) is 17.9. The first-order valence-electron chi connectivity index (χ1n) is 9.03. The summed E-state index contributed by atoms with van der Waals surface area (Å²) < 4.78 is 32.8. The van der Waals surface area contributed by atoms with Crippen molar-refractivity contribution in [2.24, 2.45) is 0 Å². The first-order valence-corrected chi connectivity index (χ1v) is 11.9. The minimum atomic E-state index is -3.60. The topological polar surface area (TPSA) is 43.4 Å². The molecular formula is C22H26O3S2. The lowest BCUT2D eigenvalue weighted by Gasteiger charge is -2.19. The van der Waals surface area contributed by atoms with E-state index in [0.29, 0.717) is 22.0 Å². The monoisotopic (exact) mass is 402 g/mol. The van der Waals surface area contributed by atoms with E-state index in [1.807, 2.05) is 48.7 Å². The van der Waals surface area contributed by atoms with E-state index in [1.165, 1.54) is 0 Å². The molecule has 1 atom stereocenters. The summed E-state index contributed by atoms with van der Waals surface area (Å²) in [5, 5.41) is 0. The smallest absolute Gasteiger partial charge is 0.206 e. The SMILES string of the molecule is CSCC1CC(S(=O)(=O)c2ccc(C(C)(C)C)cc2)=C(c2ccccc2)O1. The molecule has 0 N–H and O–H groups in total. The van der Waals surface area contributed by atoms with Crippen molar-refractivity contribution in [3.8, 4) is 0 Å². The van der Waals surface area contributed by atoms with Gasteiger partial charge in [0.05, 0.1) is 9.80 Å². The van der Waals surface area contributed by atoms with Crippen LogP contribution in [-0.4, -0.2) is 26.5 Å². The second-order valence-electron chi connectivity index (χ2n) is 7.80. The molecule has 0 amide bonds.